The SMILES string of the molecule is COc1ccc(CN2C=CP(c3ccc(F)cc3)C=C2)cc1. The van der Waals surface area contributed by atoms with Crippen LogP contribution in [0.1, 0.15) is 5.56 Å². The van der Waals surface area contributed by atoms with Crippen LogP contribution in [0.15, 0.2) is 72.6 Å². The standard InChI is InChI=1S/C18H17FNOP/c1-21-17-6-2-15(3-7-17)14-20-10-12-22(13-11-20)18-8-4-16(19)5-9-18/h2-13H,14H2,1H3. The van der Waals surface area contributed by atoms with Gasteiger partial charge in [0.05, 0.1) is 7.11 Å². The molecule has 0 atom stereocenters. The fourth-order valence-corrected chi connectivity index (χ4v) is 3.81. The molecule has 2 nitrogen and oxygen atoms in total. The van der Waals surface area contributed by atoms with Crippen molar-refractivity contribution >= 4 is 13.2 Å². The zero-order valence-electron chi connectivity index (χ0n) is 12.3. The third kappa shape index (κ3) is 3.55. The average Bonchev–Trinajstić information content (AvgIpc) is 2.57. The molecular weight excluding hydrogens is 296 g/mol. The van der Waals surface area contributed by atoms with E-state index in [2.05, 4.69) is 41.1 Å². The van der Waals surface area contributed by atoms with Crippen LogP contribution < -0.4 is 10.0 Å². The number of benzene rings is 2. The Hall–Kier alpha value is -2.12. The molecule has 2 aromatic rings. The molecule has 1 aliphatic rings. The molecule has 0 saturated carbocycles. The van der Waals surface area contributed by atoms with Crippen LogP contribution >= 0.6 is 7.92 Å². The summed E-state index contributed by atoms with van der Waals surface area (Å²) in [5.41, 5.74) is 1.23. The van der Waals surface area contributed by atoms with Crippen molar-refractivity contribution in [2.75, 3.05) is 7.11 Å². The van der Waals surface area contributed by atoms with Gasteiger partial charge >= 0.3 is 0 Å². The van der Waals surface area contributed by atoms with Crippen molar-refractivity contribution in [1.29, 1.82) is 0 Å². The quantitative estimate of drug-likeness (QED) is 0.776. The van der Waals surface area contributed by atoms with Crippen LogP contribution in [-0.4, -0.2) is 12.0 Å². The normalized spacial score (nSPS) is 14.4. The molecule has 0 unspecified atom stereocenters. The maximum Gasteiger partial charge on any atom is 0.123 e. The molecular formula is C18H17FNOP. The molecule has 4 heteroatoms. The van der Waals surface area contributed by atoms with Gasteiger partial charge in [-0.25, -0.2) is 4.39 Å². The van der Waals surface area contributed by atoms with E-state index >= 15 is 0 Å². The first-order chi connectivity index (χ1) is 10.7. The summed E-state index contributed by atoms with van der Waals surface area (Å²) in [6.07, 6.45) is 4.19. The molecule has 3 rings (SSSR count). The Bertz CT molecular complexity index is 665. The molecule has 22 heavy (non-hydrogen) atoms. The van der Waals surface area contributed by atoms with E-state index in [1.807, 2.05) is 24.3 Å². The molecule has 0 radical (unpaired) electrons. The lowest BCUT2D eigenvalue weighted by Crippen LogP contribution is -2.11. The van der Waals surface area contributed by atoms with Crippen LogP contribution in [0.2, 0.25) is 0 Å². The Kier molecular flexibility index (Phi) is 4.55. The van der Waals surface area contributed by atoms with Crippen LogP contribution in [0.5, 0.6) is 5.75 Å². The molecule has 1 aliphatic heterocycles. The molecule has 0 fully saturated rings. The summed E-state index contributed by atoms with van der Waals surface area (Å²) >= 11 is 0. The predicted molar refractivity (Wildman–Crippen MR) is 89.8 cm³/mol. The van der Waals surface area contributed by atoms with Gasteiger partial charge in [-0.05, 0) is 54.7 Å². The number of halogens is 1. The van der Waals surface area contributed by atoms with Gasteiger partial charge in [0.15, 0.2) is 0 Å². The second-order valence-corrected chi connectivity index (χ2v) is 6.93. The van der Waals surface area contributed by atoms with E-state index in [0.717, 1.165) is 17.6 Å². The van der Waals surface area contributed by atoms with Gasteiger partial charge in [-0.15, -0.1) is 0 Å². The summed E-state index contributed by atoms with van der Waals surface area (Å²) in [5, 5.41) is 1.16. The van der Waals surface area contributed by atoms with Crippen molar-refractivity contribution in [2.24, 2.45) is 0 Å². The minimum Gasteiger partial charge on any atom is -0.497 e. The first-order valence-corrected chi connectivity index (χ1v) is 8.52. The number of hydrogen-bond donors (Lipinski definition) is 0. The minimum absolute atomic E-state index is 0.190. The lowest BCUT2D eigenvalue weighted by molar-refractivity contribution is 0.414. The molecule has 1 heterocycles. The van der Waals surface area contributed by atoms with Gasteiger partial charge in [0, 0.05) is 18.9 Å². The van der Waals surface area contributed by atoms with Crippen molar-refractivity contribution in [1.82, 2.24) is 4.90 Å². The van der Waals surface area contributed by atoms with Gasteiger partial charge in [0.1, 0.15) is 11.6 Å². The molecule has 0 amide bonds. The van der Waals surface area contributed by atoms with E-state index in [-0.39, 0.29) is 5.82 Å². The number of nitrogens with zero attached hydrogens (tertiary/aromatic N) is 1. The summed E-state index contributed by atoms with van der Waals surface area (Å²) in [6.45, 7) is 0.823. The highest BCUT2D eigenvalue weighted by Gasteiger charge is 2.09. The van der Waals surface area contributed by atoms with Gasteiger partial charge in [0.25, 0.3) is 0 Å². The molecule has 0 aromatic heterocycles. The summed E-state index contributed by atoms with van der Waals surface area (Å²) in [5.74, 6) is 5.05. The van der Waals surface area contributed by atoms with Gasteiger partial charge in [0.2, 0.25) is 0 Å². The fraction of sp³-hybridized carbons (Fsp3) is 0.111. The Labute approximate surface area is 131 Å². The maximum absolute atomic E-state index is 13.0. The second-order valence-electron chi connectivity index (χ2n) is 5.00. The fourth-order valence-electron chi connectivity index (χ4n) is 2.25. The molecule has 2 aromatic carbocycles. The van der Waals surface area contributed by atoms with E-state index in [0.29, 0.717) is 0 Å². The van der Waals surface area contributed by atoms with Crippen molar-refractivity contribution in [3.05, 3.63) is 83.9 Å². The highest BCUT2D eigenvalue weighted by Crippen LogP contribution is 2.40. The van der Waals surface area contributed by atoms with E-state index in [9.17, 15) is 4.39 Å². The third-order valence-corrected chi connectivity index (χ3v) is 5.29. The van der Waals surface area contributed by atoms with Gasteiger partial charge in [-0.2, -0.15) is 0 Å². The Balaban J connectivity index is 1.63. The van der Waals surface area contributed by atoms with E-state index in [1.165, 1.54) is 17.7 Å². The van der Waals surface area contributed by atoms with Crippen LogP contribution in [0.25, 0.3) is 0 Å². The van der Waals surface area contributed by atoms with Crippen molar-refractivity contribution < 1.29 is 9.13 Å². The zero-order valence-corrected chi connectivity index (χ0v) is 13.2. The topological polar surface area (TPSA) is 12.5 Å². The molecule has 0 bridgehead atoms. The maximum atomic E-state index is 13.0. The number of rotatable bonds is 4. The van der Waals surface area contributed by atoms with E-state index < -0.39 is 7.92 Å². The second kappa shape index (κ2) is 6.76. The van der Waals surface area contributed by atoms with Crippen LogP contribution in [-0.2, 0) is 6.54 Å². The van der Waals surface area contributed by atoms with Crippen LogP contribution in [0.4, 0.5) is 4.39 Å². The lowest BCUT2D eigenvalue weighted by atomic mass is 10.2. The van der Waals surface area contributed by atoms with Crippen molar-refractivity contribution in [2.45, 2.75) is 6.54 Å². The molecule has 0 spiro atoms. The first kappa shape index (κ1) is 14.8. The Morgan fingerprint density at radius 1 is 0.955 bits per heavy atom. The summed E-state index contributed by atoms with van der Waals surface area (Å²) in [6, 6.07) is 14.8. The minimum atomic E-state index is -0.478. The number of methoxy groups -OCH3 is 1. The largest absolute Gasteiger partial charge is 0.497 e. The summed E-state index contributed by atoms with van der Waals surface area (Å²) < 4.78 is 18.1. The molecule has 0 saturated heterocycles. The lowest BCUT2D eigenvalue weighted by Gasteiger charge is -2.22. The number of ether oxygens (including phenoxy) is 1. The summed E-state index contributed by atoms with van der Waals surface area (Å²) in [7, 11) is 1.19. The average molecular weight is 313 g/mol. The number of hydrogen-bond acceptors (Lipinski definition) is 2. The van der Waals surface area contributed by atoms with Crippen LogP contribution in [0.3, 0.4) is 0 Å². The zero-order chi connectivity index (χ0) is 15.4. The molecule has 0 aliphatic carbocycles. The van der Waals surface area contributed by atoms with E-state index in [1.54, 1.807) is 7.11 Å². The van der Waals surface area contributed by atoms with Gasteiger partial charge in [-0.3, -0.25) is 0 Å². The summed E-state index contributed by atoms with van der Waals surface area (Å²) in [4.78, 5) is 2.14. The first-order valence-electron chi connectivity index (χ1n) is 7.04. The highest BCUT2D eigenvalue weighted by atomic mass is 31.1. The van der Waals surface area contributed by atoms with Crippen LogP contribution in [0, 0.1) is 5.82 Å². The van der Waals surface area contributed by atoms with Gasteiger partial charge < -0.3 is 9.64 Å². The van der Waals surface area contributed by atoms with E-state index in [4.69, 9.17) is 4.74 Å². The Morgan fingerprint density at radius 2 is 1.59 bits per heavy atom. The Morgan fingerprint density at radius 3 is 2.18 bits per heavy atom. The molecule has 0 N–H and O–H groups in total. The third-order valence-electron chi connectivity index (χ3n) is 3.49. The highest BCUT2D eigenvalue weighted by molar-refractivity contribution is 7.71. The van der Waals surface area contributed by atoms with Gasteiger partial charge in [-0.1, -0.05) is 24.3 Å². The van der Waals surface area contributed by atoms with Crippen molar-refractivity contribution in [3.63, 3.8) is 0 Å². The smallest absolute Gasteiger partial charge is 0.123 e. The monoisotopic (exact) mass is 313 g/mol. The molecule has 112 valence electrons. The predicted octanol–water partition coefficient (Wildman–Crippen LogP) is 4.40. The van der Waals surface area contributed by atoms with Crippen molar-refractivity contribution in [3.8, 4) is 5.75 Å².